The van der Waals surface area contributed by atoms with Crippen molar-refractivity contribution in [3.8, 4) is 0 Å². The Labute approximate surface area is 127 Å². The summed E-state index contributed by atoms with van der Waals surface area (Å²) < 4.78 is 0. The summed E-state index contributed by atoms with van der Waals surface area (Å²) in [5, 5.41) is 6.58. The number of rotatable bonds is 5. The highest BCUT2D eigenvalue weighted by Gasteiger charge is 2.28. The topological polar surface area (TPSA) is 44.4 Å². The number of likely N-dealkylation sites (N-methyl/N-ethyl adjacent to an activating group) is 1. The number of hydrogen-bond donors (Lipinski definition) is 2. The molecule has 4 nitrogen and oxygen atoms in total. The number of nitrogens with one attached hydrogen (secondary N) is 2. The van der Waals surface area contributed by atoms with Gasteiger partial charge in [-0.25, -0.2) is 0 Å². The molecule has 21 heavy (non-hydrogen) atoms. The molecular formula is C17H27N3O. The molecule has 0 spiro atoms. The third kappa shape index (κ3) is 4.05. The molecule has 1 aromatic carbocycles. The van der Waals surface area contributed by atoms with E-state index in [9.17, 15) is 4.79 Å². The Morgan fingerprint density at radius 3 is 2.76 bits per heavy atom. The summed E-state index contributed by atoms with van der Waals surface area (Å²) >= 11 is 0. The van der Waals surface area contributed by atoms with E-state index in [-0.39, 0.29) is 17.9 Å². The molecule has 0 aliphatic carbocycles. The Bertz CT molecular complexity index is 485. The number of benzene rings is 1. The predicted molar refractivity (Wildman–Crippen MR) is 86.2 cm³/mol. The van der Waals surface area contributed by atoms with E-state index >= 15 is 0 Å². The number of carbonyl (C=O) groups is 1. The molecule has 4 heteroatoms. The molecule has 116 valence electrons. The zero-order chi connectivity index (χ0) is 15.4. The van der Waals surface area contributed by atoms with Gasteiger partial charge in [0.1, 0.15) is 0 Å². The summed E-state index contributed by atoms with van der Waals surface area (Å²) in [6.07, 6.45) is 0. The van der Waals surface area contributed by atoms with E-state index in [1.165, 1.54) is 11.1 Å². The van der Waals surface area contributed by atoms with Gasteiger partial charge in [0.25, 0.3) is 0 Å². The third-order valence-corrected chi connectivity index (χ3v) is 4.11. The van der Waals surface area contributed by atoms with Crippen molar-refractivity contribution in [3.63, 3.8) is 0 Å². The second kappa shape index (κ2) is 7.05. The van der Waals surface area contributed by atoms with Crippen molar-refractivity contribution in [1.82, 2.24) is 15.5 Å². The molecule has 2 atom stereocenters. The van der Waals surface area contributed by atoms with Crippen LogP contribution in [0.2, 0.25) is 0 Å². The van der Waals surface area contributed by atoms with E-state index < -0.39 is 0 Å². The van der Waals surface area contributed by atoms with Crippen molar-refractivity contribution in [2.75, 3.05) is 27.2 Å². The van der Waals surface area contributed by atoms with Crippen molar-refractivity contribution < 1.29 is 4.79 Å². The van der Waals surface area contributed by atoms with Crippen LogP contribution >= 0.6 is 0 Å². The van der Waals surface area contributed by atoms with Crippen molar-refractivity contribution in [1.29, 1.82) is 0 Å². The lowest BCUT2D eigenvalue weighted by molar-refractivity contribution is -0.123. The number of carbonyl (C=O) groups excluding carboxylic acids is 1. The van der Waals surface area contributed by atoms with Gasteiger partial charge >= 0.3 is 0 Å². The highest BCUT2D eigenvalue weighted by Crippen LogP contribution is 2.24. The lowest BCUT2D eigenvalue weighted by atomic mass is 9.89. The van der Waals surface area contributed by atoms with Crippen LogP contribution in [0, 0.1) is 5.92 Å². The molecule has 0 fully saturated rings. The van der Waals surface area contributed by atoms with Crippen LogP contribution in [0.3, 0.4) is 0 Å². The van der Waals surface area contributed by atoms with Crippen LogP contribution in [0.25, 0.3) is 0 Å². The monoisotopic (exact) mass is 289 g/mol. The summed E-state index contributed by atoms with van der Waals surface area (Å²) in [7, 11) is 4.08. The van der Waals surface area contributed by atoms with E-state index in [0.717, 1.165) is 19.6 Å². The van der Waals surface area contributed by atoms with Crippen LogP contribution in [0.15, 0.2) is 24.3 Å². The smallest absolute Gasteiger partial charge is 0.229 e. The van der Waals surface area contributed by atoms with E-state index in [1.54, 1.807) is 0 Å². The average molecular weight is 289 g/mol. The van der Waals surface area contributed by atoms with E-state index in [2.05, 4.69) is 41.5 Å². The van der Waals surface area contributed by atoms with Gasteiger partial charge in [-0.3, -0.25) is 4.79 Å². The molecule has 1 heterocycles. The van der Waals surface area contributed by atoms with Gasteiger partial charge in [-0.1, -0.05) is 38.1 Å². The average Bonchev–Trinajstić information content (AvgIpc) is 2.45. The first-order chi connectivity index (χ1) is 9.99. The van der Waals surface area contributed by atoms with Crippen molar-refractivity contribution in [3.05, 3.63) is 35.4 Å². The molecule has 2 N–H and O–H groups in total. The third-order valence-electron chi connectivity index (χ3n) is 4.11. The lowest BCUT2D eigenvalue weighted by Crippen LogP contribution is -2.48. The van der Waals surface area contributed by atoms with Gasteiger partial charge in [-0.05, 0) is 31.1 Å². The first kappa shape index (κ1) is 16.0. The molecule has 1 aliphatic heterocycles. The van der Waals surface area contributed by atoms with Gasteiger partial charge in [0, 0.05) is 25.7 Å². The molecule has 1 amide bonds. The predicted octanol–water partition coefficient (Wildman–Crippen LogP) is 1.58. The van der Waals surface area contributed by atoms with Gasteiger partial charge in [0.2, 0.25) is 5.91 Å². The highest BCUT2D eigenvalue weighted by atomic mass is 16.2. The molecule has 0 saturated carbocycles. The maximum absolute atomic E-state index is 12.7. The fourth-order valence-electron chi connectivity index (χ4n) is 2.83. The summed E-state index contributed by atoms with van der Waals surface area (Å²) in [6, 6.07) is 8.41. The minimum absolute atomic E-state index is 0.0848. The van der Waals surface area contributed by atoms with Gasteiger partial charge < -0.3 is 15.5 Å². The fourth-order valence-corrected chi connectivity index (χ4v) is 2.83. The lowest BCUT2D eigenvalue weighted by Gasteiger charge is -2.30. The minimum atomic E-state index is -0.0848. The van der Waals surface area contributed by atoms with Crippen LogP contribution in [0.4, 0.5) is 0 Å². The first-order valence-electron chi connectivity index (χ1n) is 7.72. The summed E-state index contributed by atoms with van der Waals surface area (Å²) in [4.78, 5) is 14.8. The fraction of sp³-hybridized carbons (Fsp3) is 0.588. The SMILES string of the molecule is CC(C)C(CN(C)C)NC(=O)C1CNCc2ccccc21. The molecule has 0 aromatic heterocycles. The van der Waals surface area contributed by atoms with Crippen molar-refractivity contribution in [2.24, 2.45) is 5.92 Å². The molecule has 1 aromatic rings. The minimum Gasteiger partial charge on any atom is -0.351 e. The Morgan fingerprint density at radius 2 is 2.10 bits per heavy atom. The van der Waals surface area contributed by atoms with Crippen LogP contribution < -0.4 is 10.6 Å². The highest BCUT2D eigenvalue weighted by molar-refractivity contribution is 5.85. The second-order valence-electron chi connectivity index (χ2n) is 6.50. The van der Waals surface area contributed by atoms with Gasteiger partial charge in [-0.15, -0.1) is 0 Å². The summed E-state index contributed by atoms with van der Waals surface area (Å²) in [5.41, 5.74) is 2.40. The van der Waals surface area contributed by atoms with Gasteiger partial charge in [0.15, 0.2) is 0 Å². The Balaban J connectivity index is 2.10. The summed E-state index contributed by atoms with van der Waals surface area (Å²) in [6.45, 7) is 6.75. The Morgan fingerprint density at radius 1 is 1.38 bits per heavy atom. The summed E-state index contributed by atoms with van der Waals surface area (Å²) in [5.74, 6) is 0.469. The number of nitrogens with zero attached hydrogens (tertiary/aromatic N) is 1. The quantitative estimate of drug-likeness (QED) is 0.865. The number of hydrogen-bond acceptors (Lipinski definition) is 3. The second-order valence-corrected chi connectivity index (χ2v) is 6.50. The number of amides is 1. The molecule has 0 radical (unpaired) electrons. The molecule has 1 aliphatic rings. The van der Waals surface area contributed by atoms with Crippen LogP contribution in [0.1, 0.15) is 30.9 Å². The van der Waals surface area contributed by atoms with E-state index in [0.29, 0.717) is 5.92 Å². The first-order valence-corrected chi connectivity index (χ1v) is 7.72. The zero-order valence-corrected chi connectivity index (χ0v) is 13.5. The number of fused-ring (bicyclic) bond motifs is 1. The van der Waals surface area contributed by atoms with Crippen LogP contribution in [-0.4, -0.2) is 44.0 Å². The Kier molecular flexibility index (Phi) is 5.37. The largest absolute Gasteiger partial charge is 0.351 e. The Hall–Kier alpha value is -1.39. The maximum atomic E-state index is 12.7. The molecular weight excluding hydrogens is 262 g/mol. The maximum Gasteiger partial charge on any atom is 0.229 e. The van der Waals surface area contributed by atoms with E-state index in [1.807, 2.05) is 26.2 Å². The normalized spacial score (nSPS) is 19.4. The van der Waals surface area contributed by atoms with Crippen LogP contribution in [0.5, 0.6) is 0 Å². The molecule has 2 unspecified atom stereocenters. The molecule has 0 saturated heterocycles. The van der Waals surface area contributed by atoms with E-state index in [4.69, 9.17) is 0 Å². The van der Waals surface area contributed by atoms with Crippen molar-refractivity contribution >= 4 is 5.91 Å². The van der Waals surface area contributed by atoms with Gasteiger partial charge in [0.05, 0.1) is 5.92 Å². The standard InChI is InChI=1S/C17H27N3O/c1-12(2)16(11-20(3)4)19-17(21)15-10-18-9-13-7-5-6-8-14(13)15/h5-8,12,15-16,18H,9-11H2,1-4H3,(H,19,21). The van der Waals surface area contributed by atoms with Crippen molar-refractivity contribution in [2.45, 2.75) is 32.4 Å². The zero-order valence-electron chi connectivity index (χ0n) is 13.5. The molecule has 2 rings (SSSR count). The van der Waals surface area contributed by atoms with Crippen LogP contribution in [-0.2, 0) is 11.3 Å². The molecule has 0 bridgehead atoms. The van der Waals surface area contributed by atoms with Gasteiger partial charge in [-0.2, -0.15) is 0 Å².